The predicted octanol–water partition coefficient (Wildman–Crippen LogP) is 3.63. The van der Waals surface area contributed by atoms with E-state index in [0.29, 0.717) is 11.5 Å². The zero-order valence-corrected chi connectivity index (χ0v) is 11.6. The molecule has 1 N–H and O–H groups in total. The van der Waals surface area contributed by atoms with Crippen molar-refractivity contribution in [3.63, 3.8) is 0 Å². The predicted molar refractivity (Wildman–Crippen MR) is 72.0 cm³/mol. The van der Waals surface area contributed by atoms with Gasteiger partial charge in [-0.15, -0.1) is 0 Å². The highest BCUT2D eigenvalue weighted by atomic mass is 16.4. The molecule has 0 aliphatic heterocycles. The summed E-state index contributed by atoms with van der Waals surface area (Å²) in [5, 5.41) is 9.14. The Morgan fingerprint density at radius 1 is 1.44 bits per heavy atom. The van der Waals surface area contributed by atoms with Crippen LogP contribution in [0.15, 0.2) is 6.07 Å². The maximum absolute atomic E-state index is 11.1. The minimum Gasteiger partial charge on any atom is -0.478 e. The molecule has 0 bridgehead atoms. The highest BCUT2D eigenvalue weighted by molar-refractivity contribution is 5.89. The molecule has 1 aromatic rings. The van der Waals surface area contributed by atoms with Crippen molar-refractivity contribution in [2.75, 3.05) is 0 Å². The summed E-state index contributed by atoms with van der Waals surface area (Å²) in [5.74, 6) is 0.713. The van der Waals surface area contributed by atoms with Crippen LogP contribution in [0.3, 0.4) is 0 Å². The van der Waals surface area contributed by atoms with Gasteiger partial charge in [0.1, 0.15) is 0 Å². The van der Waals surface area contributed by atoms with Crippen molar-refractivity contribution in [1.29, 1.82) is 0 Å². The zero-order valence-electron chi connectivity index (χ0n) is 11.6. The monoisotopic (exact) mass is 249 g/mol. The molecule has 0 aromatic carbocycles. The highest BCUT2D eigenvalue weighted by Crippen LogP contribution is 2.30. The number of aromatic carboxylic acids is 1. The molecule has 1 saturated carbocycles. The van der Waals surface area contributed by atoms with Crippen LogP contribution in [-0.4, -0.2) is 15.6 Å². The van der Waals surface area contributed by atoms with Crippen molar-refractivity contribution >= 4 is 5.97 Å². The number of aromatic nitrogens is 1. The summed E-state index contributed by atoms with van der Waals surface area (Å²) in [5.41, 5.74) is 2.43. The van der Waals surface area contributed by atoms with Crippen molar-refractivity contribution in [3.8, 4) is 0 Å². The smallest absolute Gasteiger partial charge is 0.337 e. The van der Waals surface area contributed by atoms with Gasteiger partial charge in [-0.1, -0.05) is 19.8 Å². The zero-order chi connectivity index (χ0) is 13.3. The first-order chi connectivity index (χ1) is 8.49. The molecule has 1 fully saturated rings. The summed E-state index contributed by atoms with van der Waals surface area (Å²) in [6, 6.07) is 1.80. The third-order valence-electron chi connectivity index (χ3n) is 4.29. The van der Waals surface area contributed by atoms with Crippen molar-refractivity contribution in [2.45, 2.75) is 53.0 Å². The van der Waals surface area contributed by atoms with E-state index in [9.17, 15) is 4.79 Å². The van der Waals surface area contributed by atoms with Crippen molar-refractivity contribution in [3.05, 3.63) is 23.0 Å². The van der Waals surface area contributed by atoms with E-state index in [-0.39, 0.29) is 0 Å². The average Bonchev–Trinajstić information content (AvgIpc) is 2.57. The molecule has 0 amide bonds. The largest absolute Gasteiger partial charge is 0.478 e. The Morgan fingerprint density at radius 2 is 2.17 bits per heavy atom. The summed E-state index contributed by atoms with van der Waals surface area (Å²) in [6.45, 7) is 7.23. The Bertz CT molecular complexity index is 448. The number of rotatable bonds is 3. The quantitative estimate of drug-likeness (QED) is 0.888. The third kappa shape index (κ3) is 2.60. The maximum atomic E-state index is 11.1. The van der Waals surface area contributed by atoms with Crippen LogP contribution in [0.1, 0.15) is 54.4 Å². The molecule has 100 valence electrons. The van der Waals surface area contributed by atoms with Gasteiger partial charge in [0.05, 0.1) is 5.56 Å². The minimum absolute atomic E-state index is 0.455. The summed E-state index contributed by atoms with van der Waals surface area (Å²) in [4.78, 5) is 11.1. The van der Waals surface area contributed by atoms with Gasteiger partial charge < -0.3 is 9.67 Å². The lowest BCUT2D eigenvalue weighted by atomic mass is 9.82. The summed E-state index contributed by atoms with van der Waals surface area (Å²) >= 11 is 0. The molecule has 2 atom stereocenters. The van der Waals surface area contributed by atoms with Gasteiger partial charge in [0.15, 0.2) is 0 Å². The fourth-order valence-electron chi connectivity index (χ4n) is 3.28. The first-order valence-corrected chi connectivity index (χ1v) is 6.89. The van der Waals surface area contributed by atoms with Gasteiger partial charge in [-0.25, -0.2) is 4.79 Å². The van der Waals surface area contributed by atoms with Crippen LogP contribution in [0.4, 0.5) is 0 Å². The lowest BCUT2D eigenvalue weighted by Crippen LogP contribution is -2.20. The van der Waals surface area contributed by atoms with E-state index in [1.807, 2.05) is 13.8 Å². The molecule has 3 nitrogen and oxygen atoms in total. The normalized spacial score (nSPS) is 24.2. The lowest BCUT2D eigenvalue weighted by molar-refractivity contribution is 0.0696. The second kappa shape index (κ2) is 5.17. The molecule has 3 heteroatoms. The minimum atomic E-state index is -0.814. The molecular weight excluding hydrogens is 226 g/mol. The van der Waals surface area contributed by atoms with Gasteiger partial charge in [0.2, 0.25) is 0 Å². The van der Waals surface area contributed by atoms with Gasteiger partial charge in [0.25, 0.3) is 0 Å². The van der Waals surface area contributed by atoms with E-state index in [4.69, 9.17) is 5.11 Å². The molecule has 1 aliphatic carbocycles. The number of aryl methyl sites for hydroxylation is 1. The van der Waals surface area contributed by atoms with E-state index < -0.39 is 5.97 Å². The maximum Gasteiger partial charge on any atom is 0.337 e. The Morgan fingerprint density at radius 3 is 2.72 bits per heavy atom. The second-order valence-electron chi connectivity index (χ2n) is 5.84. The molecule has 0 saturated heterocycles. The van der Waals surface area contributed by atoms with Crippen LogP contribution in [-0.2, 0) is 6.54 Å². The van der Waals surface area contributed by atoms with E-state index >= 15 is 0 Å². The number of nitrogens with zero attached hydrogens (tertiary/aromatic N) is 1. The van der Waals surface area contributed by atoms with Crippen LogP contribution in [0.5, 0.6) is 0 Å². The van der Waals surface area contributed by atoms with Crippen LogP contribution in [0.25, 0.3) is 0 Å². The molecule has 18 heavy (non-hydrogen) atoms. The SMILES string of the molecule is Cc1cc(C(=O)O)c(C)n1CC1CCCC(C)C1. The van der Waals surface area contributed by atoms with Gasteiger partial charge in [0, 0.05) is 17.9 Å². The van der Waals surface area contributed by atoms with E-state index in [0.717, 1.165) is 23.9 Å². The van der Waals surface area contributed by atoms with Crippen molar-refractivity contribution < 1.29 is 9.90 Å². The summed E-state index contributed by atoms with van der Waals surface area (Å²) in [7, 11) is 0. The molecule has 1 heterocycles. The lowest BCUT2D eigenvalue weighted by Gasteiger charge is -2.28. The highest BCUT2D eigenvalue weighted by Gasteiger charge is 2.22. The Kier molecular flexibility index (Phi) is 3.79. The number of hydrogen-bond acceptors (Lipinski definition) is 1. The molecule has 1 aliphatic rings. The van der Waals surface area contributed by atoms with E-state index in [1.54, 1.807) is 6.07 Å². The summed E-state index contributed by atoms with van der Waals surface area (Å²) in [6.07, 6.45) is 5.22. The topological polar surface area (TPSA) is 42.2 Å². The van der Waals surface area contributed by atoms with Crippen molar-refractivity contribution in [2.24, 2.45) is 11.8 Å². The molecule has 2 rings (SSSR count). The standard InChI is InChI=1S/C15H23NO2/c1-10-5-4-6-13(7-10)9-16-11(2)8-14(12(16)3)15(17)18/h8,10,13H,4-7,9H2,1-3H3,(H,17,18). The van der Waals surface area contributed by atoms with Crippen LogP contribution in [0, 0.1) is 25.7 Å². The van der Waals surface area contributed by atoms with Crippen LogP contribution >= 0.6 is 0 Å². The van der Waals surface area contributed by atoms with Gasteiger partial charge >= 0.3 is 5.97 Å². The molecule has 1 aromatic heterocycles. The second-order valence-corrected chi connectivity index (χ2v) is 5.84. The van der Waals surface area contributed by atoms with Gasteiger partial charge in [-0.3, -0.25) is 0 Å². The summed E-state index contributed by atoms with van der Waals surface area (Å²) < 4.78 is 2.19. The fourth-order valence-corrected chi connectivity index (χ4v) is 3.28. The van der Waals surface area contributed by atoms with Crippen LogP contribution in [0.2, 0.25) is 0 Å². The molecule has 0 spiro atoms. The molecular formula is C15H23NO2. The molecule has 2 unspecified atom stereocenters. The van der Waals surface area contributed by atoms with Gasteiger partial charge in [-0.2, -0.15) is 0 Å². The third-order valence-corrected chi connectivity index (χ3v) is 4.29. The Balaban J connectivity index is 2.16. The van der Waals surface area contributed by atoms with E-state index in [1.165, 1.54) is 25.7 Å². The van der Waals surface area contributed by atoms with Gasteiger partial charge in [-0.05, 0) is 44.6 Å². The van der Waals surface area contributed by atoms with Crippen LogP contribution < -0.4 is 0 Å². The number of carboxylic acid groups (broad SMARTS) is 1. The Labute approximate surface area is 109 Å². The number of carboxylic acids is 1. The van der Waals surface area contributed by atoms with Crippen molar-refractivity contribution in [1.82, 2.24) is 4.57 Å². The Hall–Kier alpha value is -1.25. The molecule has 0 radical (unpaired) electrons. The fraction of sp³-hybridized carbons (Fsp3) is 0.667. The average molecular weight is 249 g/mol. The number of carbonyl (C=O) groups is 1. The first kappa shape index (κ1) is 13.2. The first-order valence-electron chi connectivity index (χ1n) is 6.89. The number of hydrogen-bond donors (Lipinski definition) is 1. The van der Waals surface area contributed by atoms with E-state index in [2.05, 4.69) is 11.5 Å².